The molecule has 0 aromatic rings. The van der Waals surface area contributed by atoms with Crippen molar-refractivity contribution < 1.29 is 9.53 Å². The van der Waals surface area contributed by atoms with Gasteiger partial charge in [0.1, 0.15) is 0 Å². The highest BCUT2D eigenvalue weighted by Gasteiger charge is 2.26. The first kappa shape index (κ1) is 18.5. The molecule has 5 heteroatoms. The van der Waals surface area contributed by atoms with E-state index in [0.717, 1.165) is 45.4 Å². The molecule has 1 saturated carbocycles. The Morgan fingerprint density at radius 1 is 1.09 bits per heavy atom. The summed E-state index contributed by atoms with van der Waals surface area (Å²) in [6, 6.07) is 1.52. The van der Waals surface area contributed by atoms with E-state index in [0.29, 0.717) is 24.0 Å². The standard InChI is InChI=1S/C18H35N3O2/c1-14(13-23-3)15(2)19-17-9-11-21(12-10-17)18(22)20-16-7-5-4-6-8-16/h14-17,19H,4-13H2,1-3H3,(H,20,22). The number of amides is 2. The lowest BCUT2D eigenvalue weighted by Crippen LogP contribution is -2.52. The van der Waals surface area contributed by atoms with Gasteiger partial charge in [-0.2, -0.15) is 0 Å². The van der Waals surface area contributed by atoms with Gasteiger partial charge in [-0.1, -0.05) is 26.2 Å². The number of rotatable bonds is 6. The van der Waals surface area contributed by atoms with Crippen LogP contribution in [0.1, 0.15) is 58.8 Å². The lowest BCUT2D eigenvalue weighted by Gasteiger charge is -2.36. The molecule has 1 aliphatic carbocycles. The molecule has 0 aromatic carbocycles. The highest BCUT2D eigenvalue weighted by molar-refractivity contribution is 5.74. The molecule has 2 rings (SSSR count). The van der Waals surface area contributed by atoms with E-state index in [2.05, 4.69) is 24.5 Å². The van der Waals surface area contributed by atoms with Crippen LogP contribution in [0.15, 0.2) is 0 Å². The summed E-state index contributed by atoms with van der Waals surface area (Å²) in [6.45, 7) is 6.96. The van der Waals surface area contributed by atoms with Gasteiger partial charge in [-0.25, -0.2) is 4.79 Å². The van der Waals surface area contributed by atoms with Gasteiger partial charge in [-0.3, -0.25) is 0 Å². The van der Waals surface area contributed by atoms with Gasteiger partial charge in [-0.05, 0) is 38.5 Å². The Kier molecular flexibility index (Phi) is 7.63. The van der Waals surface area contributed by atoms with Crippen LogP contribution in [-0.2, 0) is 4.74 Å². The van der Waals surface area contributed by atoms with Gasteiger partial charge in [0.25, 0.3) is 0 Å². The van der Waals surface area contributed by atoms with Gasteiger partial charge < -0.3 is 20.3 Å². The number of urea groups is 1. The van der Waals surface area contributed by atoms with E-state index in [1.165, 1.54) is 19.3 Å². The smallest absolute Gasteiger partial charge is 0.317 e. The molecule has 0 aromatic heterocycles. The molecule has 0 radical (unpaired) electrons. The highest BCUT2D eigenvalue weighted by Crippen LogP contribution is 2.18. The maximum atomic E-state index is 12.4. The summed E-state index contributed by atoms with van der Waals surface area (Å²) in [5, 5.41) is 6.94. The molecular formula is C18H35N3O2. The molecule has 1 saturated heterocycles. The summed E-state index contributed by atoms with van der Waals surface area (Å²) in [4.78, 5) is 14.4. The van der Waals surface area contributed by atoms with Crippen molar-refractivity contribution in [2.45, 2.75) is 76.9 Å². The Balaban J connectivity index is 1.67. The van der Waals surface area contributed by atoms with Crippen LogP contribution in [0, 0.1) is 5.92 Å². The number of nitrogens with zero attached hydrogens (tertiary/aromatic N) is 1. The van der Waals surface area contributed by atoms with Gasteiger partial charge in [0, 0.05) is 38.3 Å². The van der Waals surface area contributed by atoms with Gasteiger partial charge in [-0.15, -0.1) is 0 Å². The van der Waals surface area contributed by atoms with Crippen LogP contribution in [0.25, 0.3) is 0 Å². The van der Waals surface area contributed by atoms with E-state index < -0.39 is 0 Å². The Labute approximate surface area is 141 Å². The first-order chi connectivity index (χ1) is 11.1. The molecule has 5 nitrogen and oxygen atoms in total. The van der Waals surface area contributed by atoms with Crippen molar-refractivity contribution in [1.82, 2.24) is 15.5 Å². The van der Waals surface area contributed by atoms with Crippen LogP contribution >= 0.6 is 0 Å². The monoisotopic (exact) mass is 325 g/mol. The van der Waals surface area contributed by atoms with E-state index in [1.54, 1.807) is 7.11 Å². The first-order valence-corrected chi connectivity index (χ1v) is 9.40. The fourth-order valence-corrected chi connectivity index (χ4v) is 3.71. The third-order valence-corrected chi connectivity index (χ3v) is 5.50. The quantitative estimate of drug-likeness (QED) is 0.789. The summed E-state index contributed by atoms with van der Waals surface area (Å²) in [6.07, 6.45) is 8.23. The largest absolute Gasteiger partial charge is 0.384 e. The maximum absolute atomic E-state index is 12.4. The number of carbonyl (C=O) groups is 1. The molecule has 1 heterocycles. The summed E-state index contributed by atoms with van der Waals surface area (Å²) >= 11 is 0. The zero-order valence-electron chi connectivity index (χ0n) is 15.1. The topological polar surface area (TPSA) is 53.6 Å². The summed E-state index contributed by atoms with van der Waals surface area (Å²) in [5.41, 5.74) is 0. The van der Waals surface area contributed by atoms with Crippen molar-refractivity contribution in [3.63, 3.8) is 0 Å². The van der Waals surface area contributed by atoms with Crippen molar-refractivity contribution in [3.8, 4) is 0 Å². The van der Waals surface area contributed by atoms with Crippen LogP contribution in [0.4, 0.5) is 4.79 Å². The second-order valence-corrected chi connectivity index (χ2v) is 7.43. The third-order valence-electron chi connectivity index (χ3n) is 5.50. The normalized spacial score (nSPS) is 23.5. The molecule has 2 atom stereocenters. The maximum Gasteiger partial charge on any atom is 0.317 e. The number of hydrogen-bond acceptors (Lipinski definition) is 3. The van der Waals surface area contributed by atoms with E-state index in [4.69, 9.17) is 4.74 Å². The van der Waals surface area contributed by atoms with Crippen molar-refractivity contribution in [2.75, 3.05) is 26.8 Å². The van der Waals surface area contributed by atoms with Crippen molar-refractivity contribution >= 4 is 6.03 Å². The Morgan fingerprint density at radius 2 is 1.74 bits per heavy atom. The van der Waals surface area contributed by atoms with Gasteiger partial charge in [0.05, 0.1) is 6.61 Å². The molecule has 134 valence electrons. The number of hydrogen-bond donors (Lipinski definition) is 2. The molecule has 1 aliphatic heterocycles. The van der Waals surface area contributed by atoms with Crippen LogP contribution < -0.4 is 10.6 Å². The van der Waals surface area contributed by atoms with Crippen LogP contribution in [0.5, 0.6) is 0 Å². The number of methoxy groups -OCH3 is 1. The molecule has 2 N–H and O–H groups in total. The lowest BCUT2D eigenvalue weighted by molar-refractivity contribution is 0.131. The Bertz CT molecular complexity index is 350. The van der Waals surface area contributed by atoms with Gasteiger partial charge in [0.15, 0.2) is 0 Å². The van der Waals surface area contributed by atoms with Crippen molar-refractivity contribution in [2.24, 2.45) is 5.92 Å². The Hall–Kier alpha value is -0.810. The average molecular weight is 325 g/mol. The first-order valence-electron chi connectivity index (χ1n) is 9.40. The molecule has 2 fully saturated rings. The van der Waals surface area contributed by atoms with Gasteiger partial charge in [0.2, 0.25) is 0 Å². The number of likely N-dealkylation sites (tertiary alicyclic amines) is 1. The highest BCUT2D eigenvalue weighted by atomic mass is 16.5. The van der Waals surface area contributed by atoms with E-state index >= 15 is 0 Å². The summed E-state index contributed by atoms with van der Waals surface area (Å²) in [5.74, 6) is 0.507. The molecular weight excluding hydrogens is 290 g/mol. The van der Waals surface area contributed by atoms with Gasteiger partial charge >= 0.3 is 6.03 Å². The summed E-state index contributed by atoms with van der Waals surface area (Å²) in [7, 11) is 1.76. The fraction of sp³-hybridized carbons (Fsp3) is 0.944. The number of ether oxygens (including phenoxy) is 1. The zero-order chi connectivity index (χ0) is 16.7. The van der Waals surface area contributed by atoms with Crippen molar-refractivity contribution in [1.29, 1.82) is 0 Å². The molecule has 0 bridgehead atoms. The SMILES string of the molecule is COCC(C)C(C)NC1CCN(C(=O)NC2CCCCC2)CC1. The average Bonchev–Trinajstić information content (AvgIpc) is 2.56. The van der Waals surface area contributed by atoms with E-state index in [9.17, 15) is 4.79 Å². The molecule has 2 amide bonds. The second-order valence-electron chi connectivity index (χ2n) is 7.43. The Morgan fingerprint density at radius 3 is 2.35 bits per heavy atom. The number of piperidine rings is 1. The minimum absolute atomic E-state index is 0.149. The molecule has 2 aliphatic rings. The lowest BCUT2D eigenvalue weighted by atomic mass is 9.95. The fourth-order valence-electron chi connectivity index (χ4n) is 3.71. The van der Waals surface area contributed by atoms with Crippen molar-refractivity contribution in [3.05, 3.63) is 0 Å². The number of nitrogens with one attached hydrogen (secondary N) is 2. The second kappa shape index (κ2) is 9.48. The molecule has 0 spiro atoms. The van der Waals surface area contributed by atoms with Crippen LogP contribution in [0.2, 0.25) is 0 Å². The predicted molar refractivity (Wildman–Crippen MR) is 93.6 cm³/mol. The van der Waals surface area contributed by atoms with E-state index in [-0.39, 0.29) is 6.03 Å². The third kappa shape index (κ3) is 5.96. The molecule has 23 heavy (non-hydrogen) atoms. The van der Waals surface area contributed by atoms with E-state index in [1.807, 2.05) is 4.90 Å². The zero-order valence-corrected chi connectivity index (χ0v) is 15.1. The minimum atomic E-state index is 0.149. The van der Waals surface area contributed by atoms with Crippen LogP contribution in [0.3, 0.4) is 0 Å². The van der Waals surface area contributed by atoms with Crippen LogP contribution in [-0.4, -0.2) is 55.9 Å². The predicted octanol–water partition coefficient (Wildman–Crippen LogP) is 2.75. The number of carbonyl (C=O) groups excluding carboxylic acids is 1. The minimum Gasteiger partial charge on any atom is -0.384 e. The molecule has 2 unspecified atom stereocenters. The summed E-state index contributed by atoms with van der Waals surface area (Å²) < 4.78 is 5.23.